The molecular weight excluding hydrogens is 222 g/mol. The van der Waals surface area contributed by atoms with Crippen molar-refractivity contribution in [1.82, 2.24) is 10.6 Å². The van der Waals surface area contributed by atoms with E-state index in [1.54, 1.807) is 0 Å². The standard InChI is InChI=1S/C15H29N3/c1-4-16-15(17-9-11(2)3)18-10-14(12-5-6-12)13-7-8-13/h11-14H,4-10H2,1-3H3,(H2,16,17,18). The molecule has 0 aromatic heterocycles. The molecule has 0 amide bonds. The van der Waals surface area contributed by atoms with Gasteiger partial charge >= 0.3 is 0 Å². The van der Waals surface area contributed by atoms with Crippen LogP contribution in [0.4, 0.5) is 0 Å². The Morgan fingerprint density at radius 2 is 1.72 bits per heavy atom. The molecule has 0 spiro atoms. The third kappa shape index (κ3) is 4.51. The molecule has 0 heterocycles. The van der Waals surface area contributed by atoms with Gasteiger partial charge in [-0.25, -0.2) is 0 Å². The average Bonchev–Trinajstić information content (AvgIpc) is 3.17. The van der Waals surface area contributed by atoms with Crippen LogP contribution < -0.4 is 10.6 Å². The normalized spacial score (nSPS) is 20.6. The number of nitrogens with one attached hydrogen (secondary N) is 2. The minimum Gasteiger partial charge on any atom is -0.357 e. The highest BCUT2D eigenvalue weighted by molar-refractivity contribution is 5.79. The van der Waals surface area contributed by atoms with Gasteiger partial charge in [0.25, 0.3) is 0 Å². The van der Waals surface area contributed by atoms with Crippen LogP contribution in [-0.4, -0.2) is 25.6 Å². The molecule has 3 heteroatoms. The van der Waals surface area contributed by atoms with Gasteiger partial charge in [-0.3, -0.25) is 4.99 Å². The Morgan fingerprint density at radius 3 is 2.17 bits per heavy atom. The number of nitrogens with zero attached hydrogens (tertiary/aromatic N) is 1. The second-order valence-corrected chi connectivity index (χ2v) is 6.33. The molecule has 2 saturated carbocycles. The van der Waals surface area contributed by atoms with Gasteiger partial charge < -0.3 is 10.6 Å². The van der Waals surface area contributed by atoms with Crippen molar-refractivity contribution >= 4 is 5.96 Å². The monoisotopic (exact) mass is 251 g/mol. The Hall–Kier alpha value is -0.730. The Balaban J connectivity index is 1.78. The van der Waals surface area contributed by atoms with E-state index in [1.165, 1.54) is 25.7 Å². The fourth-order valence-corrected chi connectivity index (χ4v) is 2.60. The van der Waals surface area contributed by atoms with Crippen molar-refractivity contribution in [1.29, 1.82) is 0 Å². The first-order valence-electron chi connectivity index (χ1n) is 7.72. The first kappa shape index (κ1) is 13.7. The summed E-state index contributed by atoms with van der Waals surface area (Å²) in [6.07, 6.45) is 5.84. The third-order valence-electron chi connectivity index (χ3n) is 3.92. The van der Waals surface area contributed by atoms with E-state index >= 15 is 0 Å². The van der Waals surface area contributed by atoms with Crippen molar-refractivity contribution in [3.8, 4) is 0 Å². The number of guanidine groups is 1. The van der Waals surface area contributed by atoms with Crippen LogP contribution >= 0.6 is 0 Å². The van der Waals surface area contributed by atoms with E-state index in [0.29, 0.717) is 5.92 Å². The lowest BCUT2D eigenvalue weighted by atomic mass is 9.98. The molecule has 0 atom stereocenters. The molecule has 0 aliphatic heterocycles. The van der Waals surface area contributed by atoms with Crippen molar-refractivity contribution in [2.45, 2.75) is 46.5 Å². The molecule has 2 aliphatic carbocycles. The van der Waals surface area contributed by atoms with Gasteiger partial charge in [0.1, 0.15) is 0 Å². The fourth-order valence-electron chi connectivity index (χ4n) is 2.60. The van der Waals surface area contributed by atoms with Gasteiger partial charge in [-0.05, 0) is 56.3 Å². The molecule has 0 unspecified atom stereocenters. The summed E-state index contributed by atoms with van der Waals surface area (Å²) < 4.78 is 0. The van der Waals surface area contributed by atoms with E-state index in [-0.39, 0.29) is 0 Å². The van der Waals surface area contributed by atoms with Gasteiger partial charge in [-0.2, -0.15) is 0 Å². The van der Waals surface area contributed by atoms with Gasteiger partial charge in [0, 0.05) is 19.6 Å². The van der Waals surface area contributed by atoms with E-state index in [4.69, 9.17) is 0 Å². The number of aliphatic imine (C=N–C) groups is 1. The molecule has 0 aromatic rings. The molecule has 2 N–H and O–H groups in total. The summed E-state index contributed by atoms with van der Waals surface area (Å²) >= 11 is 0. The predicted molar refractivity (Wildman–Crippen MR) is 77.8 cm³/mol. The summed E-state index contributed by atoms with van der Waals surface area (Å²) in [6, 6.07) is 0. The van der Waals surface area contributed by atoms with Crippen LogP contribution in [0.3, 0.4) is 0 Å². The third-order valence-corrected chi connectivity index (χ3v) is 3.92. The molecule has 0 saturated heterocycles. The van der Waals surface area contributed by atoms with Crippen molar-refractivity contribution in [3.63, 3.8) is 0 Å². The van der Waals surface area contributed by atoms with Crippen LogP contribution in [0.15, 0.2) is 4.99 Å². The molecular formula is C15H29N3. The highest BCUT2D eigenvalue weighted by atomic mass is 15.2. The molecule has 3 nitrogen and oxygen atoms in total. The predicted octanol–water partition coefficient (Wildman–Crippen LogP) is 2.63. The lowest BCUT2D eigenvalue weighted by molar-refractivity contribution is 0.400. The quantitative estimate of drug-likeness (QED) is 0.539. The van der Waals surface area contributed by atoms with Gasteiger partial charge in [-0.15, -0.1) is 0 Å². The van der Waals surface area contributed by atoms with Crippen LogP contribution in [0.2, 0.25) is 0 Å². The topological polar surface area (TPSA) is 36.4 Å². The fraction of sp³-hybridized carbons (Fsp3) is 0.933. The van der Waals surface area contributed by atoms with E-state index in [1.807, 2.05) is 0 Å². The van der Waals surface area contributed by atoms with Crippen LogP contribution in [0.25, 0.3) is 0 Å². The minimum atomic E-state index is 0.628. The van der Waals surface area contributed by atoms with Gasteiger partial charge in [0.15, 0.2) is 5.96 Å². The highest BCUT2D eigenvalue weighted by Gasteiger charge is 2.41. The van der Waals surface area contributed by atoms with Gasteiger partial charge in [-0.1, -0.05) is 13.8 Å². The van der Waals surface area contributed by atoms with E-state index < -0.39 is 0 Å². The summed E-state index contributed by atoms with van der Waals surface area (Å²) in [7, 11) is 0. The summed E-state index contributed by atoms with van der Waals surface area (Å²) in [5.74, 6) is 4.57. The minimum absolute atomic E-state index is 0.628. The smallest absolute Gasteiger partial charge is 0.191 e. The second-order valence-electron chi connectivity index (χ2n) is 6.33. The van der Waals surface area contributed by atoms with Crippen LogP contribution in [0.5, 0.6) is 0 Å². The van der Waals surface area contributed by atoms with E-state index in [9.17, 15) is 0 Å². The van der Waals surface area contributed by atoms with Crippen molar-refractivity contribution < 1.29 is 0 Å². The van der Waals surface area contributed by atoms with E-state index in [2.05, 4.69) is 36.4 Å². The maximum Gasteiger partial charge on any atom is 0.191 e. The first-order valence-corrected chi connectivity index (χ1v) is 7.72. The molecule has 0 radical (unpaired) electrons. The largest absolute Gasteiger partial charge is 0.357 e. The first-order chi connectivity index (χ1) is 8.70. The Kier molecular flexibility index (Phi) is 4.90. The lowest BCUT2D eigenvalue weighted by Gasteiger charge is -2.19. The maximum absolute atomic E-state index is 4.64. The van der Waals surface area contributed by atoms with Gasteiger partial charge in [0.2, 0.25) is 0 Å². The van der Waals surface area contributed by atoms with E-state index in [0.717, 1.165) is 43.3 Å². The second kappa shape index (κ2) is 6.44. The molecule has 2 rings (SSSR count). The summed E-state index contributed by atoms with van der Waals surface area (Å²) in [4.78, 5) is 4.64. The zero-order valence-electron chi connectivity index (χ0n) is 12.2. The van der Waals surface area contributed by atoms with Crippen LogP contribution in [0, 0.1) is 23.7 Å². The van der Waals surface area contributed by atoms with Crippen molar-refractivity contribution in [3.05, 3.63) is 0 Å². The zero-order chi connectivity index (χ0) is 13.0. The number of hydrogen-bond donors (Lipinski definition) is 2. The van der Waals surface area contributed by atoms with Gasteiger partial charge in [0.05, 0.1) is 0 Å². The average molecular weight is 251 g/mol. The SMILES string of the molecule is CCNC(=NCC(C)C)NCC(C1CC1)C1CC1. The number of hydrogen-bond acceptors (Lipinski definition) is 1. The molecule has 0 bridgehead atoms. The zero-order valence-corrected chi connectivity index (χ0v) is 12.2. The Labute approximate surface area is 112 Å². The maximum atomic E-state index is 4.64. The summed E-state index contributed by atoms with van der Waals surface area (Å²) in [5, 5.41) is 6.91. The molecule has 18 heavy (non-hydrogen) atoms. The highest BCUT2D eigenvalue weighted by Crippen LogP contribution is 2.48. The lowest BCUT2D eigenvalue weighted by Crippen LogP contribution is -2.40. The Bertz CT molecular complexity index is 265. The Morgan fingerprint density at radius 1 is 1.11 bits per heavy atom. The molecule has 2 fully saturated rings. The van der Waals surface area contributed by atoms with Crippen molar-refractivity contribution in [2.24, 2.45) is 28.7 Å². The molecule has 104 valence electrons. The summed E-state index contributed by atoms with van der Waals surface area (Å²) in [6.45, 7) is 9.54. The molecule has 2 aliphatic rings. The van der Waals surface area contributed by atoms with Crippen LogP contribution in [0.1, 0.15) is 46.5 Å². The van der Waals surface area contributed by atoms with Crippen molar-refractivity contribution in [2.75, 3.05) is 19.6 Å². The summed E-state index contributed by atoms with van der Waals surface area (Å²) in [5.41, 5.74) is 0. The molecule has 0 aromatic carbocycles. The van der Waals surface area contributed by atoms with Crippen LogP contribution in [-0.2, 0) is 0 Å². The number of rotatable bonds is 7.